The molecule has 1 aliphatic rings. The number of hydrazine groups is 1. The number of hydrogen-bond acceptors (Lipinski definition) is 6. The molecule has 0 saturated heterocycles. The van der Waals surface area contributed by atoms with E-state index in [0.717, 1.165) is 0 Å². The van der Waals surface area contributed by atoms with Gasteiger partial charge in [0, 0.05) is 24.2 Å². The molecule has 0 radical (unpaired) electrons. The van der Waals surface area contributed by atoms with Gasteiger partial charge in [-0.3, -0.25) is 4.79 Å². The molecule has 3 rings (SSSR count). The van der Waals surface area contributed by atoms with Gasteiger partial charge in [-0.2, -0.15) is 5.10 Å². The van der Waals surface area contributed by atoms with E-state index in [1.54, 1.807) is 25.1 Å². The molecule has 1 aromatic carbocycles. The highest BCUT2D eigenvalue weighted by atomic mass is 35.5. The van der Waals surface area contributed by atoms with Crippen molar-refractivity contribution in [2.75, 3.05) is 18.0 Å². The lowest BCUT2D eigenvalue weighted by Gasteiger charge is -2.37. The lowest BCUT2D eigenvalue weighted by molar-refractivity contribution is 0.147. The monoisotopic (exact) mass is 410 g/mol. The van der Waals surface area contributed by atoms with E-state index in [4.69, 9.17) is 23.2 Å². The van der Waals surface area contributed by atoms with Crippen molar-refractivity contribution < 1.29 is 8.78 Å². The van der Waals surface area contributed by atoms with Crippen LogP contribution in [-0.4, -0.2) is 28.3 Å². The zero-order chi connectivity index (χ0) is 20.4. The highest BCUT2D eigenvalue weighted by molar-refractivity contribution is 6.33. The van der Waals surface area contributed by atoms with Crippen LogP contribution in [0.5, 0.6) is 0 Å². The molecule has 150 valence electrons. The first-order valence-corrected chi connectivity index (χ1v) is 9.05. The smallest absolute Gasteiger partial charge is 0.285 e. The maximum absolute atomic E-state index is 13.3. The molecule has 1 atom stereocenters. The largest absolute Gasteiger partial charge is 0.399 e. The van der Waals surface area contributed by atoms with Crippen molar-refractivity contribution >= 4 is 17.3 Å². The second kappa shape index (κ2) is 8.15. The van der Waals surface area contributed by atoms with E-state index in [9.17, 15) is 13.6 Å². The van der Waals surface area contributed by atoms with Gasteiger partial charge in [0.1, 0.15) is 5.02 Å². The Hall–Kier alpha value is -2.65. The molecule has 0 fully saturated rings. The molecule has 0 bridgehead atoms. The molecular weight excluding hydrogens is 390 g/mol. The number of nitrogens with one attached hydrogen (secondary N) is 1. The molecule has 1 aromatic heterocycles. The Morgan fingerprint density at radius 3 is 2.64 bits per heavy atom. The van der Waals surface area contributed by atoms with Crippen LogP contribution in [0.3, 0.4) is 0 Å². The van der Waals surface area contributed by atoms with Crippen molar-refractivity contribution in [3.8, 4) is 0 Å². The minimum absolute atomic E-state index is 0.0371. The summed E-state index contributed by atoms with van der Waals surface area (Å²) in [7, 11) is 0. The zero-order valence-corrected chi connectivity index (χ0v) is 16.0. The molecular formula is C18H21ClF2N6O. The van der Waals surface area contributed by atoms with E-state index in [1.807, 2.05) is 4.90 Å². The topological polar surface area (TPSA) is 104 Å². The van der Waals surface area contributed by atoms with Crippen molar-refractivity contribution in [3.05, 3.63) is 68.4 Å². The van der Waals surface area contributed by atoms with E-state index < -0.39 is 18.0 Å². The first-order valence-electron chi connectivity index (χ1n) is 8.67. The van der Waals surface area contributed by atoms with E-state index in [-0.39, 0.29) is 17.1 Å². The summed E-state index contributed by atoms with van der Waals surface area (Å²) in [5.41, 5.74) is 7.77. The Morgan fingerprint density at radius 2 is 2.00 bits per heavy atom. The summed E-state index contributed by atoms with van der Waals surface area (Å²) in [4.78, 5) is 13.5. The second-order valence-corrected chi connectivity index (χ2v) is 6.93. The van der Waals surface area contributed by atoms with E-state index in [0.29, 0.717) is 35.6 Å². The predicted octanol–water partition coefficient (Wildman–Crippen LogP) is 2.68. The summed E-state index contributed by atoms with van der Waals surface area (Å²) in [5.74, 6) is 6.26. The van der Waals surface area contributed by atoms with Gasteiger partial charge in [0.25, 0.3) is 12.0 Å². The van der Waals surface area contributed by atoms with Crippen molar-refractivity contribution in [2.45, 2.75) is 25.8 Å². The predicted molar refractivity (Wildman–Crippen MR) is 104 cm³/mol. The number of H-pyrrole nitrogens is 1. The Balaban J connectivity index is 1.84. The molecule has 5 N–H and O–H groups in total. The molecule has 7 nitrogen and oxygen atoms in total. The van der Waals surface area contributed by atoms with Gasteiger partial charge in [-0.05, 0) is 12.5 Å². The number of anilines is 1. The summed E-state index contributed by atoms with van der Waals surface area (Å²) in [5, 5.41) is 7.51. The molecule has 28 heavy (non-hydrogen) atoms. The van der Waals surface area contributed by atoms with Gasteiger partial charge in [0.05, 0.1) is 30.2 Å². The van der Waals surface area contributed by atoms with E-state index >= 15 is 0 Å². The standard InChI is InChI=1S/C18H21ClF2N6O/c1-10(11-4-2-3-5-12(11)17(20)21)27(23)14-6-7-26(9-13(14)22)15-8-24-25-18(28)16(15)19/h2-5,8,10,17H,6-7,9,22-23H2,1H3,(H,25,28). The second-order valence-electron chi connectivity index (χ2n) is 6.55. The van der Waals surface area contributed by atoms with Gasteiger partial charge in [-0.15, -0.1) is 0 Å². The third kappa shape index (κ3) is 3.81. The summed E-state index contributed by atoms with van der Waals surface area (Å²) in [6.07, 6.45) is -0.665. The van der Waals surface area contributed by atoms with Crippen molar-refractivity contribution in [3.63, 3.8) is 0 Å². The zero-order valence-electron chi connectivity index (χ0n) is 15.2. The van der Waals surface area contributed by atoms with Crippen molar-refractivity contribution in [2.24, 2.45) is 11.6 Å². The van der Waals surface area contributed by atoms with Crippen LogP contribution in [0.2, 0.25) is 5.02 Å². The van der Waals surface area contributed by atoms with Gasteiger partial charge >= 0.3 is 0 Å². The molecule has 1 unspecified atom stereocenters. The van der Waals surface area contributed by atoms with Crippen molar-refractivity contribution in [1.82, 2.24) is 15.2 Å². The van der Waals surface area contributed by atoms with Gasteiger partial charge in [-0.25, -0.2) is 19.7 Å². The fourth-order valence-corrected chi connectivity index (χ4v) is 3.56. The maximum atomic E-state index is 13.3. The Labute approximate surface area is 165 Å². The van der Waals surface area contributed by atoms with Crippen LogP contribution in [-0.2, 0) is 0 Å². The molecule has 0 saturated carbocycles. The number of rotatable bonds is 5. The summed E-state index contributed by atoms with van der Waals surface area (Å²) < 4.78 is 26.7. The highest BCUT2D eigenvalue weighted by Gasteiger charge is 2.27. The Bertz CT molecular complexity index is 948. The minimum Gasteiger partial charge on any atom is -0.399 e. The van der Waals surface area contributed by atoms with Gasteiger partial charge in [0.15, 0.2) is 0 Å². The highest BCUT2D eigenvalue weighted by Crippen LogP contribution is 2.33. The third-order valence-electron chi connectivity index (χ3n) is 4.88. The summed E-state index contributed by atoms with van der Waals surface area (Å²) in [6, 6.07) is 5.82. The number of alkyl halides is 2. The van der Waals surface area contributed by atoms with Crippen LogP contribution < -0.4 is 22.0 Å². The van der Waals surface area contributed by atoms with Gasteiger partial charge < -0.3 is 15.6 Å². The molecule has 0 aliphatic carbocycles. The van der Waals surface area contributed by atoms with Crippen molar-refractivity contribution in [1.29, 1.82) is 0 Å². The Kier molecular flexibility index (Phi) is 5.85. The summed E-state index contributed by atoms with van der Waals surface area (Å²) in [6.45, 7) is 2.54. The average Bonchev–Trinajstić information content (AvgIpc) is 2.69. The SMILES string of the molecule is CC(c1ccccc1C(F)F)N(N)C1=C(N)CN(c2cn[nH]c(=O)c2Cl)CC1. The van der Waals surface area contributed by atoms with Gasteiger partial charge in [-0.1, -0.05) is 35.9 Å². The first kappa shape index (κ1) is 20.1. The summed E-state index contributed by atoms with van der Waals surface area (Å²) >= 11 is 6.06. The third-order valence-corrected chi connectivity index (χ3v) is 5.24. The van der Waals surface area contributed by atoms with Gasteiger partial charge in [0.2, 0.25) is 0 Å². The fraction of sp³-hybridized carbons (Fsp3) is 0.333. The first-order chi connectivity index (χ1) is 13.3. The Morgan fingerprint density at radius 1 is 1.32 bits per heavy atom. The maximum Gasteiger partial charge on any atom is 0.285 e. The van der Waals surface area contributed by atoms with Crippen LogP contribution >= 0.6 is 11.6 Å². The molecule has 10 heteroatoms. The van der Waals surface area contributed by atoms with E-state index in [1.165, 1.54) is 17.3 Å². The molecule has 1 aliphatic heterocycles. The van der Waals surface area contributed by atoms with E-state index in [2.05, 4.69) is 10.2 Å². The molecule has 2 aromatic rings. The lowest BCUT2D eigenvalue weighted by atomic mass is 10.00. The number of benzene rings is 1. The number of aromatic amines is 1. The molecule has 0 amide bonds. The normalized spacial score (nSPS) is 15.9. The number of halogens is 3. The number of hydrogen-bond donors (Lipinski definition) is 3. The van der Waals surface area contributed by atoms with Crippen LogP contribution in [0.1, 0.15) is 36.9 Å². The van der Waals surface area contributed by atoms with Crippen LogP contribution in [0.25, 0.3) is 0 Å². The number of aromatic nitrogens is 2. The van der Waals surface area contributed by atoms with Crippen LogP contribution in [0, 0.1) is 0 Å². The fourth-order valence-electron chi connectivity index (χ4n) is 3.35. The lowest BCUT2D eigenvalue weighted by Crippen LogP contribution is -2.43. The minimum atomic E-state index is -2.59. The average molecular weight is 411 g/mol. The number of nitrogens with two attached hydrogens (primary N) is 2. The molecule has 2 heterocycles. The quantitative estimate of drug-likeness (QED) is 0.517. The molecule has 0 spiro atoms. The van der Waals surface area contributed by atoms with Crippen LogP contribution in [0.4, 0.5) is 14.5 Å². The van der Waals surface area contributed by atoms with Crippen LogP contribution in [0.15, 0.2) is 46.7 Å². The number of nitrogens with zero attached hydrogens (tertiary/aromatic N) is 3.